The molecule has 2 heterocycles. The van der Waals surface area contributed by atoms with Gasteiger partial charge in [0.15, 0.2) is 0 Å². The van der Waals surface area contributed by atoms with Gasteiger partial charge in [-0.1, -0.05) is 0 Å². The molecule has 2 bridgehead atoms. The monoisotopic (exact) mass is 275 g/mol. The van der Waals surface area contributed by atoms with E-state index in [9.17, 15) is 14.4 Å². The summed E-state index contributed by atoms with van der Waals surface area (Å²) in [7, 11) is 0. The van der Waals surface area contributed by atoms with E-state index in [-0.39, 0.29) is 30.0 Å². The van der Waals surface area contributed by atoms with Crippen molar-refractivity contribution in [2.75, 3.05) is 6.54 Å². The molecular weight excluding hydrogens is 258 g/mol. The van der Waals surface area contributed by atoms with Gasteiger partial charge in [-0.15, -0.1) is 0 Å². The number of carbonyl (C=O) groups excluding carboxylic acids is 1. The standard InChI is InChI=1S/C14H17N3O3/c18-12-1-2-14(20)17(15-12)4-3-13(19)16-7-8-5-11(16)10-6-9(8)10/h1-2,8-11H,3-7H2,(H,15,18)/t8-,9-,10-,11-/m0/s1. The number of nitrogens with one attached hydrogen (secondary N) is 1. The Morgan fingerprint density at radius 3 is 2.85 bits per heavy atom. The molecule has 6 nitrogen and oxygen atoms in total. The zero-order chi connectivity index (χ0) is 13.9. The summed E-state index contributed by atoms with van der Waals surface area (Å²) < 4.78 is 1.22. The highest BCUT2D eigenvalue weighted by molar-refractivity contribution is 5.77. The Bertz CT molecular complexity index is 677. The second-order valence-corrected chi connectivity index (χ2v) is 6.22. The van der Waals surface area contributed by atoms with Gasteiger partial charge in [0.05, 0.1) is 6.54 Å². The number of rotatable bonds is 3. The van der Waals surface area contributed by atoms with Crippen LogP contribution in [0.4, 0.5) is 0 Å². The van der Waals surface area contributed by atoms with Crippen LogP contribution < -0.4 is 11.1 Å². The zero-order valence-corrected chi connectivity index (χ0v) is 11.1. The highest BCUT2D eigenvalue weighted by atomic mass is 16.2. The summed E-state index contributed by atoms with van der Waals surface area (Å²) in [5.74, 6) is 2.46. The van der Waals surface area contributed by atoms with Crippen LogP contribution >= 0.6 is 0 Å². The summed E-state index contributed by atoms with van der Waals surface area (Å²) in [4.78, 5) is 37.0. The van der Waals surface area contributed by atoms with Crippen LogP contribution in [0.3, 0.4) is 0 Å². The smallest absolute Gasteiger partial charge is 0.265 e. The molecule has 0 unspecified atom stereocenters. The Morgan fingerprint density at radius 2 is 2.10 bits per heavy atom. The van der Waals surface area contributed by atoms with Crippen molar-refractivity contribution in [2.24, 2.45) is 17.8 Å². The Morgan fingerprint density at radius 1 is 1.25 bits per heavy atom. The first-order valence-corrected chi connectivity index (χ1v) is 7.23. The summed E-state index contributed by atoms with van der Waals surface area (Å²) in [5, 5.41) is 2.45. The summed E-state index contributed by atoms with van der Waals surface area (Å²) in [6.45, 7) is 1.14. The van der Waals surface area contributed by atoms with Gasteiger partial charge >= 0.3 is 0 Å². The van der Waals surface area contributed by atoms with Gasteiger partial charge in [0.2, 0.25) is 5.91 Å². The van der Waals surface area contributed by atoms with Crippen molar-refractivity contribution in [3.05, 3.63) is 32.8 Å². The number of H-pyrrole nitrogens is 1. The molecule has 0 aromatic carbocycles. The van der Waals surface area contributed by atoms with Crippen LogP contribution in [-0.2, 0) is 11.3 Å². The van der Waals surface area contributed by atoms with E-state index in [1.165, 1.54) is 29.7 Å². The molecule has 4 rings (SSSR count). The maximum atomic E-state index is 12.3. The lowest BCUT2D eigenvalue weighted by Gasteiger charge is -2.27. The average molecular weight is 275 g/mol. The number of aromatic nitrogens is 2. The molecule has 4 atom stereocenters. The molecule has 1 aromatic heterocycles. The summed E-state index contributed by atoms with van der Waals surface area (Å²) >= 11 is 0. The van der Waals surface area contributed by atoms with Crippen LogP contribution in [0.15, 0.2) is 21.7 Å². The normalized spacial score (nSPS) is 33.3. The lowest BCUT2D eigenvalue weighted by molar-refractivity contribution is -0.133. The third-order valence-corrected chi connectivity index (χ3v) is 5.12. The predicted molar refractivity (Wildman–Crippen MR) is 71.1 cm³/mol. The average Bonchev–Trinajstić information content (AvgIpc) is 3.04. The van der Waals surface area contributed by atoms with Gasteiger partial charge in [-0.05, 0) is 30.6 Å². The summed E-state index contributed by atoms with van der Waals surface area (Å²) in [5.41, 5.74) is -0.597. The second-order valence-electron chi connectivity index (χ2n) is 6.22. The fourth-order valence-corrected chi connectivity index (χ4v) is 4.10. The van der Waals surface area contributed by atoms with Gasteiger partial charge in [-0.3, -0.25) is 19.5 Å². The molecule has 1 saturated heterocycles. The Hall–Kier alpha value is -1.85. The first-order valence-electron chi connectivity index (χ1n) is 7.23. The number of fused-ring (bicyclic) bond motifs is 5. The van der Waals surface area contributed by atoms with Gasteiger partial charge in [-0.25, -0.2) is 4.68 Å². The van der Waals surface area contributed by atoms with Crippen molar-refractivity contribution in [3.8, 4) is 0 Å². The van der Waals surface area contributed by atoms with Crippen molar-refractivity contribution in [2.45, 2.75) is 31.8 Å². The lowest BCUT2D eigenvalue weighted by atomic mass is 10.1. The van der Waals surface area contributed by atoms with Crippen molar-refractivity contribution in [1.29, 1.82) is 0 Å². The van der Waals surface area contributed by atoms with E-state index in [2.05, 4.69) is 5.10 Å². The number of hydrogen-bond acceptors (Lipinski definition) is 3. The van der Waals surface area contributed by atoms with Gasteiger partial charge in [0.25, 0.3) is 11.1 Å². The molecule has 20 heavy (non-hydrogen) atoms. The molecule has 1 aromatic rings. The van der Waals surface area contributed by atoms with Gasteiger partial charge < -0.3 is 4.90 Å². The number of amides is 1. The van der Waals surface area contributed by atoms with Crippen molar-refractivity contribution >= 4 is 5.91 Å². The van der Waals surface area contributed by atoms with E-state index in [1.807, 2.05) is 4.90 Å². The number of hydrogen-bond donors (Lipinski definition) is 1. The fraction of sp³-hybridized carbons (Fsp3) is 0.643. The summed E-state index contributed by atoms with van der Waals surface area (Å²) in [6.07, 6.45) is 2.74. The quantitative estimate of drug-likeness (QED) is 0.829. The fourth-order valence-electron chi connectivity index (χ4n) is 4.10. The van der Waals surface area contributed by atoms with E-state index in [1.54, 1.807) is 0 Å². The highest BCUT2D eigenvalue weighted by Crippen LogP contribution is 2.61. The third kappa shape index (κ3) is 1.74. The number of aromatic amines is 1. The topological polar surface area (TPSA) is 75.2 Å². The van der Waals surface area contributed by atoms with Crippen LogP contribution in [-0.4, -0.2) is 33.2 Å². The molecule has 6 heteroatoms. The van der Waals surface area contributed by atoms with Crippen molar-refractivity contribution in [3.63, 3.8) is 0 Å². The molecule has 2 saturated carbocycles. The minimum Gasteiger partial charge on any atom is -0.339 e. The maximum Gasteiger partial charge on any atom is 0.265 e. The van der Waals surface area contributed by atoms with E-state index in [4.69, 9.17) is 0 Å². The van der Waals surface area contributed by atoms with Crippen molar-refractivity contribution in [1.82, 2.24) is 14.7 Å². The third-order valence-electron chi connectivity index (χ3n) is 5.12. The van der Waals surface area contributed by atoms with E-state index < -0.39 is 0 Å². The number of likely N-dealkylation sites (tertiary alicyclic amines) is 1. The number of piperidine rings is 1. The van der Waals surface area contributed by atoms with Crippen LogP contribution in [0.2, 0.25) is 0 Å². The zero-order valence-electron chi connectivity index (χ0n) is 11.1. The molecule has 1 aliphatic heterocycles. The lowest BCUT2D eigenvalue weighted by Crippen LogP contribution is -2.40. The minimum atomic E-state index is -0.321. The first kappa shape index (κ1) is 11.9. The maximum absolute atomic E-state index is 12.3. The number of nitrogens with zero attached hydrogens (tertiary/aromatic N) is 2. The predicted octanol–water partition coefficient (Wildman–Crippen LogP) is -0.206. The second kappa shape index (κ2) is 4.07. The first-order chi connectivity index (χ1) is 9.63. The molecular formula is C14H17N3O3. The minimum absolute atomic E-state index is 0.111. The largest absolute Gasteiger partial charge is 0.339 e. The van der Waals surface area contributed by atoms with Gasteiger partial charge in [-0.2, -0.15) is 0 Å². The molecule has 3 aliphatic rings. The molecule has 1 amide bonds. The molecule has 0 radical (unpaired) electrons. The summed E-state index contributed by atoms with van der Waals surface area (Å²) in [6, 6.07) is 2.88. The van der Waals surface area contributed by atoms with E-state index >= 15 is 0 Å². The van der Waals surface area contributed by atoms with Crippen LogP contribution in [0.1, 0.15) is 19.3 Å². The Balaban J connectivity index is 1.42. The highest BCUT2D eigenvalue weighted by Gasteiger charge is 2.61. The molecule has 106 valence electrons. The van der Waals surface area contributed by atoms with Crippen LogP contribution in [0.5, 0.6) is 0 Å². The van der Waals surface area contributed by atoms with Crippen LogP contribution in [0, 0.1) is 17.8 Å². The van der Waals surface area contributed by atoms with E-state index in [0.717, 1.165) is 18.4 Å². The number of aryl methyl sites for hydroxylation is 1. The molecule has 2 aliphatic carbocycles. The molecule has 3 fully saturated rings. The van der Waals surface area contributed by atoms with Gasteiger partial charge in [0.1, 0.15) is 0 Å². The van der Waals surface area contributed by atoms with Crippen molar-refractivity contribution < 1.29 is 4.79 Å². The van der Waals surface area contributed by atoms with Crippen LogP contribution in [0.25, 0.3) is 0 Å². The Labute approximate surface area is 115 Å². The van der Waals surface area contributed by atoms with E-state index in [0.29, 0.717) is 12.0 Å². The van der Waals surface area contributed by atoms with Gasteiger partial charge in [0, 0.05) is 31.1 Å². The number of carbonyl (C=O) groups is 1. The SMILES string of the molecule is O=C(CCn1[nH]c(=O)ccc1=O)N1C[C@@H]2C[C@H]1[C@H]1C[C@@H]21. The molecule has 1 N–H and O–H groups in total. The Kier molecular flexibility index (Phi) is 2.43. The molecule has 0 spiro atoms.